The summed E-state index contributed by atoms with van der Waals surface area (Å²) in [5, 5.41) is 7.01. The second kappa shape index (κ2) is 5.87. The third kappa shape index (κ3) is 3.23. The maximum atomic E-state index is 11.9. The van der Waals surface area contributed by atoms with Crippen molar-refractivity contribution in [2.24, 2.45) is 0 Å². The lowest BCUT2D eigenvalue weighted by molar-refractivity contribution is 0.0945. The van der Waals surface area contributed by atoms with Gasteiger partial charge in [0.15, 0.2) is 0 Å². The lowest BCUT2D eigenvalue weighted by atomic mass is 10.2. The van der Waals surface area contributed by atoms with Gasteiger partial charge in [-0.2, -0.15) is 5.10 Å². The summed E-state index contributed by atoms with van der Waals surface area (Å²) >= 11 is 0. The van der Waals surface area contributed by atoms with Crippen molar-refractivity contribution in [3.63, 3.8) is 0 Å². The Morgan fingerprint density at radius 1 is 1.42 bits per heavy atom. The standard InChI is InChI=1S/C15H15N3O/c1-3-9-18-12(2)10-14(17-18)15(19)16-11-13-7-5-4-6-8-13/h1,4-8,10H,9,11H2,2H3,(H,16,19). The molecule has 0 saturated heterocycles. The average molecular weight is 253 g/mol. The minimum absolute atomic E-state index is 0.192. The normalized spacial score (nSPS) is 9.89. The molecule has 0 bridgehead atoms. The van der Waals surface area contributed by atoms with Crippen molar-refractivity contribution >= 4 is 5.91 Å². The molecule has 0 unspecified atom stereocenters. The van der Waals surface area contributed by atoms with Crippen LogP contribution in [0.15, 0.2) is 36.4 Å². The van der Waals surface area contributed by atoms with E-state index in [-0.39, 0.29) is 5.91 Å². The fourth-order valence-corrected chi connectivity index (χ4v) is 1.74. The van der Waals surface area contributed by atoms with E-state index in [0.717, 1.165) is 11.3 Å². The third-order valence-corrected chi connectivity index (χ3v) is 2.75. The zero-order chi connectivity index (χ0) is 13.7. The van der Waals surface area contributed by atoms with Crippen molar-refractivity contribution in [1.29, 1.82) is 0 Å². The molecule has 96 valence electrons. The Kier molecular flexibility index (Phi) is 3.99. The number of benzene rings is 1. The number of aryl methyl sites for hydroxylation is 1. The van der Waals surface area contributed by atoms with Crippen LogP contribution in [0.25, 0.3) is 0 Å². The monoisotopic (exact) mass is 253 g/mol. The summed E-state index contributed by atoms with van der Waals surface area (Å²) in [6.45, 7) is 2.73. The van der Waals surface area contributed by atoms with E-state index >= 15 is 0 Å². The van der Waals surface area contributed by atoms with Crippen molar-refractivity contribution in [3.8, 4) is 12.3 Å². The van der Waals surface area contributed by atoms with Crippen molar-refractivity contribution in [3.05, 3.63) is 53.3 Å². The van der Waals surface area contributed by atoms with Gasteiger partial charge in [0.05, 0.1) is 0 Å². The van der Waals surface area contributed by atoms with Crippen LogP contribution in [-0.2, 0) is 13.1 Å². The van der Waals surface area contributed by atoms with E-state index in [2.05, 4.69) is 16.3 Å². The predicted octanol–water partition coefficient (Wildman–Crippen LogP) is 1.75. The molecule has 1 amide bonds. The first kappa shape index (κ1) is 12.9. The SMILES string of the molecule is C#CCn1nc(C(=O)NCc2ccccc2)cc1C. The zero-order valence-corrected chi connectivity index (χ0v) is 10.8. The highest BCUT2D eigenvalue weighted by molar-refractivity contribution is 5.92. The van der Waals surface area contributed by atoms with Crippen LogP contribution in [0.1, 0.15) is 21.7 Å². The van der Waals surface area contributed by atoms with Crippen molar-refractivity contribution in [2.75, 3.05) is 0 Å². The Morgan fingerprint density at radius 2 is 2.16 bits per heavy atom. The first-order chi connectivity index (χ1) is 9.20. The number of carbonyl (C=O) groups excluding carboxylic acids is 1. The molecule has 0 aliphatic carbocycles. The first-order valence-corrected chi connectivity index (χ1v) is 6.00. The highest BCUT2D eigenvalue weighted by Gasteiger charge is 2.11. The fourth-order valence-electron chi connectivity index (χ4n) is 1.74. The largest absolute Gasteiger partial charge is 0.347 e. The van der Waals surface area contributed by atoms with Gasteiger partial charge in [0.2, 0.25) is 0 Å². The van der Waals surface area contributed by atoms with Gasteiger partial charge >= 0.3 is 0 Å². The summed E-state index contributed by atoms with van der Waals surface area (Å²) in [5.74, 6) is 2.31. The van der Waals surface area contributed by atoms with Gasteiger partial charge in [-0.3, -0.25) is 9.48 Å². The molecule has 1 aromatic heterocycles. The molecule has 1 N–H and O–H groups in total. The molecule has 1 aromatic carbocycles. The Labute approximate surface area is 112 Å². The van der Waals surface area contributed by atoms with Crippen LogP contribution >= 0.6 is 0 Å². The average Bonchev–Trinajstić information content (AvgIpc) is 2.79. The van der Waals surface area contributed by atoms with Crippen LogP contribution in [0, 0.1) is 19.3 Å². The highest BCUT2D eigenvalue weighted by Crippen LogP contribution is 2.04. The zero-order valence-electron chi connectivity index (χ0n) is 10.8. The van der Waals surface area contributed by atoms with E-state index in [0.29, 0.717) is 18.8 Å². The Hall–Kier alpha value is -2.54. The van der Waals surface area contributed by atoms with Gasteiger partial charge in [-0.05, 0) is 18.6 Å². The number of nitrogens with zero attached hydrogens (tertiary/aromatic N) is 2. The number of hydrogen-bond donors (Lipinski definition) is 1. The molecule has 0 atom stereocenters. The molecule has 4 heteroatoms. The number of hydrogen-bond acceptors (Lipinski definition) is 2. The number of aromatic nitrogens is 2. The van der Waals surface area contributed by atoms with Crippen LogP contribution in [0.3, 0.4) is 0 Å². The molecule has 0 spiro atoms. The van der Waals surface area contributed by atoms with E-state index in [1.54, 1.807) is 10.7 Å². The van der Waals surface area contributed by atoms with Crippen LogP contribution in [0.2, 0.25) is 0 Å². The van der Waals surface area contributed by atoms with Gasteiger partial charge < -0.3 is 5.32 Å². The lowest BCUT2D eigenvalue weighted by Crippen LogP contribution is -2.23. The molecule has 0 fully saturated rings. The van der Waals surface area contributed by atoms with Gasteiger partial charge in [0, 0.05) is 12.2 Å². The summed E-state index contributed by atoms with van der Waals surface area (Å²) in [7, 11) is 0. The number of rotatable bonds is 4. The highest BCUT2D eigenvalue weighted by atomic mass is 16.1. The molecule has 0 aliphatic heterocycles. The van der Waals surface area contributed by atoms with Crippen molar-refractivity contribution < 1.29 is 4.79 Å². The quantitative estimate of drug-likeness (QED) is 0.844. The summed E-state index contributed by atoms with van der Waals surface area (Å²) in [6, 6.07) is 11.5. The molecule has 2 rings (SSSR count). The molecule has 2 aromatic rings. The summed E-state index contributed by atoms with van der Waals surface area (Å²) in [5.41, 5.74) is 2.32. The Morgan fingerprint density at radius 3 is 2.84 bits per heavy atom. The second-order valence-corrected chi connectivity index (χ2v) is 4.20. The van der Waals surface area contributed by atoms with E-state index in [1.165, 1.54) is 0 Å². The Balaban J connectivity index is 2.00. The van der Waals surface area contributed by atoms with E-state index in [4.69, 9.17) is 6.42 Å². The van der Waals surface area contributed by atoms with Gasteiger partial charge in [-0.25, -0.2) is 0 Å². The van der Waals surface area contributed by atoms with Crippen LogP contribution < -0.4 is 5.32 Å². The maximum absolute atomic E-state index is 11.9. The molecule has 0 radical (unpaired) electrons. The lowest BCUT2D eigenvalue weighted by Gasteiger charge is -2.02. The minimum atomic E-state index is -0.192. The number of amides is 1. The minimum Gasteiger partial charge on any atom is -0.347 e. The third-order valence-electron chi connectivity index (χ3n) is 2.75. The molecule has 0 aliphatic rings. The summed E-state index contributed by atoms with van der Waals surface area (Å²) < 4.78 is 1.64. The van der Waals surface area contributed by atoms with Crippen LogP contribution in [-0.4, -0.2) is 15.7 Å². The number of nitrogens with one attached hydrogen (secondary N) is 1. The smallest absolute Gasteiger partial charge is 0.272 e. The molecule has 19 heavy (non-hydrogen) atoms. The van der Waals surface area contributed by atoms with E-state index in [9.17, 15) is 4.79 Å². The topological polar surface area (TPSA) is 46.9 Å². The molecular weight excluding hydrogens is 238 g/mol. The van der Waals surface area contributed by atoms with Gasteiger partial charge in [-0.15, -0.1) is 6.42 Å². The fraction of sp³-hybridized carbons (Fsp3) is 0.200. The van der Waals surface area contributed by atoms with Crippen LogP contribution in [0.4, 0.5) is 0 Å². The summed E-state index contributed by atoms with van der Waals surface area (Å²) in [4.78, 5) is 11.9. The first-order valence-electron chi connectivity index (χ1n) is 6.00. The maximum Gasteiger partial charge on any atom is 0.272 e. The van der Waals surface area contributed by atoms with Gasteiger partial charge in [-0.1, -0.05) is 36.3 Å². The second-order valence-electron chi connectivity index (χ2n) is 4.20. The molecule has 0 saturated carbocycles. The molecule has 1 heterocycles. The van der Waals surface area contributed by atoms with E-state index < -0.39 is 0 Å². The molecular formula is C15H15N3O. The van der Waals surface area contributed by atoms with Crippen molar-refractivity contribution in [2.45, 2.75) is 20.0 Å². The van der Waals surface area contributed by atoms with E-state index in [1.807, 2.05) is 37.3 Å². The molecule has 4 nitrogen and oxygen atoms in total. The summed E-state index contributed by atoms with van der Waals surface area (Å²) in [6.07, 6.45) is 5.24. The van der Waals surface area contributed by atoms with Crippen molar-refractivity contribution in [1.82, 2.24) is 15.1 Å². The van der Waals surface area contributed by atoms with Gasteiger partial charge in [0.25, 0.3) is 5.91 Å². The number of terminal acetylenes is 1. The predicted molar refractivity (Wildman–Crippen MR) is 73.4 cm³/mol. The van der Waals surface area contributed by atoms with Crippen LogP contribution in [0.5, 0.6) is 0 Å². The van der Waals surface area contributed by atoms with Gasteiger partial charge in [0.1, 0.15) is 12.2 Å². The number of carbonyl (C=O) groups is 1. The Bertz CT molecular complexity index is 608.